The van der Waals surface area contributed by atoms with Gasteiger partial charge in [0, 0.05) is 0 Å². The molecule has 3 nitrogen and oxygen atoms in total. The number of methoxy groups -OCH3 is 2. The summed E-state index contributed by atoms with van der Waals surface area (Å²) in [6.45, 7) is 3.67. The van der Waals surface area contributed by atoms with Gasteiger partial charge in [-0.25, -0.2) is 0 Å². The Morgan fingerprint density at radius 1 is 1.00 bits per heavy atom. The lowest BCUT2D eigenvalue weighted by molar-refractivity contribution is 0.373. The smallest absolute Gasteiger partial charge is 0.160 e. The first kappa shape index (κ1) is 15.6. The maximum Gasteiger partial charge on any atom is 0.160 e. The summed E-state index contributed by atoms with van der Waals surface area (Å²) in [5, 5.41) is 8.99. The Kier molecular flexibility index (Phi) is 6.76. The molecule has 0 unspecified atom stereocenters. The molecule has 0 aromatic heterocycles. The highest BCUT2D eigenvalue weighted by Crippen LogP contribution is 2.23. The first-order valence-electron chi connectivity index (χ1n) is 6.27. The van der Waals surface area contributed by atoms with E-state index in [1.165, 1.54) is 12.7 Å². The van der Waals surface area contributed by atoms with E-state index in [2.05, 4.69) is 6.58 Å². The summed E-state index contributed by atoms with van der Waals surface area (Å²) in [5.41, 5.74) is 1.26. The Hall–Kier alpha value is -2.42. The first-order chi connectivity index (χ1) is 9.71. The number of para-hydroxylation sites is 2. The molecule has 0 heterocycles. The summed E-state index contributed by atoms with van der Waals surface area (Å²) in [7, 11) is 3.19. The molecular formula is C17H20O3. The van der Waals surface area contributed by atoms with Crippen molar-refractivity contribution in [3.8, 4) is 17.2 Å². The van der Waals surface area contributed by atoms with E-state index in [-0.39, 0.29) is 5.75 Å². The van der Waals surface area contributed by atoms with Gasteiger partial charge < -0.3 is 14.6 Å². The van der Waals surface area contributed by atoms with Crippen molar-refractivity contribution < 1.29 is 14.6 Å². The average molecular weight is 272 g/mol. The highest BCUT2D eigenvalue weighted by atomic mass is 16.5. The molecule has 0 spiro atoms. The molecule has 2 aromatic carbocycles. The zero-order valence-corrected chi connectivity index (χ0v) is 11.9. The molecule has 2 rings (SSSR count). The number of phenolic OH excluding ortho intramolecular Hbond substituents is 1. The number of aromatic hydroxyl groups is 1. The van der Waals surface area contributed by atoms with E-state index in [0.717, 1.165) is 12.2 Å². The van der Waals surface area contributed by atoms with Crippen LogP contribution in [0.25, 0.3) is 0 Å². The van der Waals surface area contributed by atoms with Crippen LogP contribution in [-0.4, -0.2) is 19.3 Å². The SMILES string of the molecule is C=CCc1ccc(OC)cc1.COc1ccccc1O. The zero-order valence-electron chi connectivity index (χ0n) is 11.9. The summed E-state index contributed by atoms with van der Waals surface area (Å²) >= 11 is 0. The van der Waals surface area contributed by atoms with E-state index >= 15 is 0 Å². The Balaban J connectivity index is 0.000000204. The number of hydrogen-bond donors (Lipinski definition) is 1. The number of benzene rings is 2. The van der Waals surface area contributed by atoms with Crippen LogP contribution in [0.2, 0.25) is 0 Å². The minimum Gasteiger partial charge on any atom is -0.504 e. The van der Waals surface area contributed by atoms with Crippen molar-refractivity contribution in [1.29, 1.82) is 0 Å². The van der Waals surface area contributed by atoms with Crippen LogP contribution < -0.4 is 9.47 Å². The van der Waals surface area contributed by atoms with Crippen LogP contribution in [0.15, 0.2) is 61.2 Å². The van der Waals surface area contributed by atoms with Gasteiger partial charge in [-0.3, -0.25) is 0 Å². The largest absolute Gasteiger partial charge is 0.504 e. The molecule has 0 amide bonds. The van der Waals surface area contributed by atoms with Crippen molar-refractivity contribution >= 4 is 0 Å². The molecule has 0 aliphatic heterocycles. The van der Waals surface area contributed by atoms with Crippen LogP contribution in [0.4, 0.5) is 0 Å². The standard InChI is InChI=1S/C10H12O.C7H8O2/c1-3-4-9-5-7-10(11-2)8-6-9;1-9-7-5-3-2-4-6(7)8/h3,5-8H,1,4H2,2H3;2-5,8H,1H3. The fourth-order valence-corrected chi connectivity index (χ4v) is 1.56. The second-order valence-corrected chi connectivity index (χ2v) is 4.01. The van der Waals surface area contributed by atoms with Crippen molar-refractivity contribution in [2.24, 2.45) is 0 Å². The summed E-state index contributed by atoms with van der Waals surface area (Å²) in [6.07, 6.45) is 2.81. The number of ether oxygens (including phenoxy) is 2. The van der Waals surface area contributed by atoms with Gasteiger partial charge in [0.25, 0.3) is 0 Å². The minimum absolute atomic E-state index is 0.181. The second kappa shape index (κ2) is 8.64. The summed E-state index contributed by atoms with van der Waals surface area (Å²) in [6, 6.07) is 14.8. The molecule has 0 aliphatic carbocycles. The minimum atomic E-state index is 0.181. The topological polar surface area (TPSA) is 38.7 Å². The van der Waals surface area contributed by atoms with Crippen LogP contribution >= 0.6 is 0 Å². The molecule has 1 N–H and O–H groups in total. The van der Waals surface area contributed by atoms with Crippen LogP contribution in [0.5, 0.6) is 17.2 Å². The summed E-state index contributed by atoms with van der Waals surface area (Å²) in [4.78, 5) is 0. The predicted octanol–water partition coefficient (Wildman–Crippen LogP) is 3.82. The molecule has 0 fully saturated rings. The quantitative estimate of drug-likeness (QED) is 0.860. The van der Waals surface area contributed by atoms with Crippen LogP contribution in [0, 0.1) is 0 Å². The van der Waals surface area contributed by atoms with Crippen molar-refractivity contribution in [2.45, 2.75) is 6.42 Å². The molecule has 0 saturated heterocycles. The van der Waals surface area contributed by atoms with Gasteiger partial charge in [-0.05, 0) is 36.2 Å². The van der Waals surface area contributed by atoms with Crippen molar-refractivity contribution in [1.82, 2.24) is 0 Å². The van der Waals surface area contributed by atoms with Gasteiger partial charge in [-0.15, -0.1) is 6.58 Å². The predicted molar refractivity (Wildman–Crippen MR) is 81.6 cm³/mol. The third kappa shape index (κ3) is 5.06. The lowest BCUT2D eigenvalue weighted by Gasteiger charge is -1.99. The van der Waals surface area contributed by atoms with Crippen molar-refractivity contribution in [3.63, 3.8) is 0 Å². The van der Waals surface area contributed by atoms with Crippen LogP contribution in [-0.2, 0) is 6.42 Å². The van der Waals surface area contributed by atoms with E-state index in [4.69, 9.17) is 14.6 Å². The Bertz CT molecular complexity index is 518. The maximum absolute atomic E-state index is 8.99. The van der Waals surface area contributed by atoms with Gasteiger partial charge in [0.1, 0.15) is 5.75 Å². The van der Waals surface area contributed by atoms with Crippen molar-refractivity contribution in [2.75, 3.05) is 14.2 Å². The van der Waals surface area contributed by atoms with Gasteiger partial charge in [0.15, 0.2) is 11.5 Å². The molecule has 0 saturated carbocycles. The monoisotopic (exact) mass is 272 g/mol. The number of rotatable bonds is 4. The molecule has 0 bridgehead atoms. The third-order valence-electron chi connectivity index (χ3n) is 2.62. The highest BCUT2D eigenvalue weighted by molar-refractivity contribution is 5.37. The normalized spacial score (nSPS) is 9.10. The molecule has 0 radical (unpaired) electrons. The van der Waals surface area contributed by atoms with E-state index in [1.807, 2.05) is 30.3 Å². The Morgan fingerprint density at radius 3 is 2.10 bits per heavy atom. The number of phenols is 1. The van der Waals surface area contributed by atoms with Crippen LogP contribution in [0.1, 0.15) is 5.56 Å². The second-order valence-electron chi connectivity index (χ2n) is 4.01. The van der Waals surface area contributed by atoms with Gasteiger partial charge in [0.05, 0.1) is 14.2 Å². The number of hydrogen-bond acceptors (Lipinski definition) is 3. The fourth-order valence-electron chi connectivity index (χ4n) is 1.56. The van der Waals surface area contributed by atoms with Gasteiger partial charge in [-0.1, -0.05) is 30.3 Å². The van der Waals surface area contributed by atoms with Crippen LogP contribution in [0.3, 0.4) is 0 Å². The van der Waals surface area contributed by atoms with E-state index in [9.17, 15) is 0 Å². The first-order valence-corrected chi connectivity index (χ1v) is 6.27. The summed E-state index contributed by atoms with van der Waals surface area (Å²) < 4.78 is 9.82. The summed E-state index contributed by atoms with van der Waals surface area (Å²) in [5.74, 6) is 1.59. The molecule has 2 aromatic rings. The Labute approximate surface area is 120 Å². The molecule has 106 valence electrons. The number of allylic oxidation sites excluding steroid dienone is 1. The lowest BCUT2D eigenvalue weighted by Crippen LogP contribution is -1.83. The van der Waals surface area contributed by atoms with E-state index in [0.29, 0.717) is 5.75 Å². The third-order valence-corrected chi connectivity index (χ3v) is 2.62. The maximum atomic E-state index is 8.99. The van der Waals surface area contributed by atoms with Gasteiger partial charge in [0.2, 0.25) is 0 Å². The molecular weight excluding hydrogens is 252 g/mol. The fraction of sp³-hybridized carbons (Fsp3) is 0.176. The highest BCUT2D eigenvalue weighted by Gasteiger charge is 1.94. The Morgan fingerprint density at radius 2 is 1.65 bits per heavy atom. The van der Waals surface area contributed by atoms with Gasteiger partial charge in [-0.2, -0.15) is 0 Å². The van der Waals surface area contributed by atoms with Crippen molar-refractivity contribution in [3.05, 3.63) is 66.7 Å². The molecule has 20 heavy (non-hydrogen) atoms. The van der Waals surface area contributed by atoms with E-state index < -0.39 is 0 Å². The van der Waals surface area contributed by atoms with Gasteiger partial charge >= 0.3 is 0 Å². The average Bonchev–Trinajstić information content (AvgIpc) is 2.49. The van der Waals surface area contributed by atoms with E-state index in [1.54, 1.807) is 31.4 Å². The molecule has 0 atom stereocenters. The zero-order chi connectivity index (χ0) is 14.8. The molecule has 3 heteroatoms. The lowest BCUT2D eigenvalue weighted by atomic mass is 10.1. The molecule has 0 aliphatic rings.